The van der Waals surface area contributed by atoms with Gasteiger partial charge in [0.05, 0.1) is 34.6 Å². The van der Waals surface area contributed by atoms with Crippen LogP contribution in [0.3, 0.4) is 0 Å². The van der Waals surface area contributed by atoms with Crippen LogP contribution in [0.5, 0.6) is 0 Å². The molecule has 0 aromatic heterocycles. The monoisotopic (exact) mass is 483 g/mol. The number of hydrogen-bond donors (Lipinski definition) is 1. The van der Waals surface area contributed by atoms with Crippen molar-refractivity contribution in [2.75, 3.05) is 31.2 Å². The van der Waals surface area contributed by atoms with E-state index in [1.54, 1.807) is 5.41 Å². The Morgan fingerprint density at radius 1 is 1.15 bits per heavy atom. The zero-order valence-electron chi connectivity index (χ0n) is 18.5. The molecule has 0 aliphatic carbocycles. The average Bonchev–Trinajstić information content (AvgIpc) is 2.82. The zero-order chi connectivity index (χ0) is 22.9. The van der Waals surface area contributed by atoms with Gasteiger partial charge in [0.25, 0.3) is 0 Å². The largest absolute Gasteiger partial charge is 0.379 e. The van der Waals surface area contributed by atoms with Crippen molar-refractivity contribution in [3.8, 4) is 0 Å². The Balaban J connectivity index is 1.40. The molecule has 5 rings (SSSR count). The van der Waals surface area contributed by atoms with Gasteiger partial charge in [-0.15, -0.1) is 0 Å². The number of allylic oxidation sites excluding steroid dienone is 1. The second-order valence-corrected chi connectivity index (χ2v) is 10.3. The minimum atomic E-state index is -1.20. The Hall–Kier alpha value is -2.45. The van der Waals surface area contributed by atoms with Crippen LogP contribution in [0.2, 0.25) is 5.02 Å². The highest BCUT2D eigenvalue weighted by Gasteiger charge is 2.30. The number of nitrogens with zero attached hydrogens (tertiary/aromatic N) is 2. The summed E-state index contributed by atoms with van der Waals surface area (Å²) in [7, 11) is -1.20. The highest BCUT2D eigenvalue weighted by atomic mass is 35.5. The summed E-state index contributed by atoms with van der Waals surface area (Å²) < 4.78 is 18.4. The van der Waals surface area contributed by atoms with Crippen LogP contribution in [0.15, 0.2) is 64.2 Å². The molecule has 1 N–H and O–H groups in total. The Labute approximate surface area is 201 Å². The molecule has 1 atom stereocenters. The first-order chi connectivity index (χ1) is 16.0. The van der Waals surface area contributed by atoms with Crippen LogP contribution in [0, 0.1) is 0 Å². The van der Waals surface area contributed by atoms with E-state index in [9.17, 15) is 9.00 Å². The van der Waals surface area contributed by atoms with Gasteiger partial charge < -0.3 is 15.0 Å². The molecule has 1 amide bonds. The third-order valence-corrected chi connectivity index (χ3v) is 7.71. The van der Waals surface area contributed by atoms with Gasteiger partial charge in [0, 0.05) is 60.5 Å². The second kappa shape index (κ2) is 9.43. The van der Waals surface area contributed by atoms with Crippen LogP contribution < -0.4 is 10.2 Å². The number of nitrogens with one attached hydrogen (secondary N) is 1. The van der Waals surface area contributed by atoms with Gasteiger partial charge in [-0.1, -0.05) is 29.8 Å². The molecule has 172 valence electrons. The number of benzene rings is 2. The fraction of sp³-hybridized carbons (Fsp3) is 0.320. The third kappa shape index (κ3) is 4.77. The van der Waals surface area contributed by atoms with E-state index in [2.05, 4.69) is 22.3 Å². The van der Waals surface area contributed by atoms with Gasteiger partial charge in [-0.05, 0) is 41.8 Å². The first-order valence-corrected chi connectivity index (χ1v) is 12.6. The van der Waals surface area contributed by atoms with Crippen molar-refractivity contribution >= 4 is 34.0 Å². The maximum atomic E-state index is 13.1. The first kappa shape index (κ1) is 22.3. The Morgan fingerprint density at radius 2 is 1.91 bits per heavy atom. The van der Waals surface area contributed by atoms with Crippen LogP contribution in [-0.4, -0.2) is 41.3 Å². The fourth-order valence-electron chi connectivity index (χ4n) is 4.46. The number of carbonyl (C=O) groups is 1. The van der Waals surface area contributed by atoms with Gasteiger partial charge in [-0.3, -0.25) is 9.69 Å². The van der Waals surface area contributed by atoms with Crippen molar-refractivity contribution in [1.82, 2.24) is 10.2 Å². The summed E-state index contributed by atoms with van der Waals surface area (Å²) in [6.45, 7) is 6.39. The summed E-state index contributed by atoms with van der Waals surface area (Å²) >= 11 is 5.95. The molecule has 0 radical (unpaired) electrons. The predicted octanol–water partition coefficient (Wildman–Crippen LogP) is 3.72. The number of halogens is 1. The van der Waals surface area contributed by atoms with E-state index in [0.29, 0.717) is 23.6 Å². The fourth-order valence-corrected chi connectivity index (χ4v) is 5.82. The molecule has 3 heterocycles. The quantitative estimate of drug-likeness (QED) is 0.702. The van der Waals surface area contributed by atoms with E-state index in [-0.39, 0.29) is 5.91 Å². The molecule has 2 aromatic carbocycles. The van der Waals surface area contributed by atoms with Crippen molar-refractivity contribution in [2.45, 2.75) is 31.3 Å². The van der Waals surface area contributed by atoms with Crippen molar-refractivity contribution < 1.29 is 13.7 Å². The van der Waals surface area contributed by atoms with E-state index in [0.717, 1.165) is 65.8 Å². The highest BCUT2D eigenvalue weighted by molar-refractivity contribution is 7.88. The van der Waals surface area contributed by atoms with Crippen LogP contribution >= 0.6 is 11.6 Å². The molecule has 0 bridgehead atoms. The summed E-state index contributed by atoms with van der Waals surface area (Å²) in [5, 5.41) is 5.45. The van der Waals surface area contributed by atoms with Gasteiger partial charge in [-0.25, -0.2) is 4.21 Å². The molecule has 6 nitrogen and oxygen atoms in total. The molecule has 3 aliphatic heterocycles. The van der Waals surface area contributed by atoms with Crippen molar-refractivity contribution in [1.29, 1.82) is 0 Å². The van der Waals surface area contributed by atoms with Crippen LogP contribution in [-0.2, 0) is 39.8 Å². The molecule has 8 heteroatoms. The lowest BCUT2D eigenvalue weighted by molar-refractivity contribution is -0.117. The van der Waals surface area contributed by atoms with Crippen molar-refractivity contribution in [2.24, 2.45) is 0 Å². The van der Waals surface area contributed by atoms with Gasteiger partial charge in [-0.2, -0.15) is 0 Å². The number of amides is 1. The molecule has 1 unspecified atom stereocenters. The average molecular weight is 484 g/mol. The standard InChI is InChI=1S/C25H26ClN3O3S/c1-17-16-33(31)23-11-19(14-28-6-8-32-9-7-28)10-20-12-21(15-29(17)24(20)23)25(30)27-13-18-2-4-22(26)5-3-18/h2-5,10-11,15-16H,6-9,12-14H2,1H3,(H,27,30). The number of hydrogen-bond acceptors (Lipinski definition) is 5. The van der Waals surface area contributed by atoms with E-state index in [1.165, 1.54) is 0 Å². The molecule has 1 fully saturated rings. The van der Waals surface area contributed by atoms with Gasteiger partial charge in [0.1, 0.15) is 0 Å². The van der Waals surface area contributed by atoms with Gasteiger partial charge >= 0.3 is 0 Å². The summed E-state index contributed by atoms with van der Waals surface area (Å²) in [4.78, 5) is 18.2. The topological polar surface area (TPSA) is 61.9 Å². The summed E-state index contributed by atoms with van der Waals surface area (Å²) in [5.74, 6) is -0.102. The Morgan fingerprint density at radius 3 is 2.67 bits per heavy atom. The smallest absolute Gasteiger partial charge is 0.249 e. The van der Waals surface area contributed by atoms with E-state index in [1.807, 2.05) is 42.3 Å². The number of morpholine rings is 1. The van der Waals surface area contributed by atoms with Crippen molar-refractivity contribution in [3.63, 3.8) is 0 Å². The minimum Gasteiger partial charge on any atom is -0.379 e. The molecule has 2 aromatic rings. The maximum Gasteiger partial charge on any atom is 0.249 e. The summed E-state index contributed by atoms with van der Waals surface area (Å²) in [5.41, 5.74) is 5.65. The highest BCUT2D eigenvalue weighted by Crippen LogP contribution is 2.41. The van der Waals surface area contributed by atoms with E-state index in [4.69, 9.17) is 16.3 Å². The van der Waals surface area contributed by atoms with E-state index < -0.39 is 10.8 Å². The Kier molecular flexibility index (Phi) is 6.38. The lowest BCUT2D eigenvalue weighted by atomic mass is 9.96. The molecular formula is C25H26ClN3O3S. The molecule has 0 saturated carbocycles. The molecule has 1 saturated heterocycles. The molecule has 0 spiro atoms. The Bertz CT molecular complexity index is 1170. The van der Waals surface area contributed by atoms with Crippen molar-refractivity contribution in [3.05, 3.63) is 81.0 Å². The van der Waals surface area contributed by atoms with Crippen LogP contribution in [0.25, 0.3) is 0 Å². The van der Waals surface area contributed by atoms with Gasteiger partial charge in [0.15, 0.2) is 0 Å². The third-order valence-electron chi connectivity index (χ3n) is 6.16. The number of rotatable bonds is 5. The molecule has 3 aliphatic rings. The minimum absolute atomic E-state index is 0.102. The second-order valence-electron chi connectivity index (χ2n) is 8.56. The van der Waals surface area contributed by atoms with Crippen LogP contribution in [0.1, 0.15) is 23.6 Å². The molecular weight excluding hydrogens is 458 g/mol. The van der Waals surface area contributed by atoms with Crippen LogP contribution in [0.4, 0.5) is 5.69 Å². The van der Waals surface area contributed by atoms with E-state index >= 15 is 0 Å². The summed E-state index contributed by atoms with van der Waals surface area (Å²) in [6.07, 6.45) is 2.39. The maximum absolute atomic E-state index is 13.1. The number of ether oxygens (including phenoxy) is 1. The number of anilines is 1. The first-order valence-electron chi connectivity index (χ1n) is 11.1. The SMILES string of the molecule is CC1=CS(=O)c2cc(CN3CCOCC3)cc3c2N1C=C(C(=O)NCc1ccc(Cl)cc1)C3. The number of carbonyl (C=O) groups excluding carboxylic acids is 1. The lowest BCUT2D eigenvalue weighted by Gasteiger charge is -2.35. The summed E-state index contributed by atoms with van der Waals surface area (Å²) in [6, 6.07) is 11.7. The predicted molar refractivity (Wildman–Crippen MR) is 130 cm³/mol. The van der Waals surface area contributed by atoms with Gasteiger partial charge in [0.2, 0.25) is 5.91 Å². The normalized spacial score (nSPS) is 20.1. The lowest BCUT2D eigenvalue weighted by Crippen LogP contribution is -2.36. The zero-order valence-corrected chi connectivity index (χ0v) is 20.0. The molecule has 33 heavy (non-hydrogen) atoms.